The lowest BCUT2D eigenvalue weighted by molar-refractivity contribution is 0.506. The average molecular weight is 219 g/mol. The summed E-state index contributed by atoms with van der Waals surface area (Å²) in [5.41, 5.74) is 7.83. The van der Waals surface area contributed by atoms with Gasteiger partial charge in [0.2, 0.25) is 11.8 Å². The van der Waals surface area contributed by atoms with E-state index in [0.29, 0.717) is 24.7 Å². The molecule has 0 bridgehead atoms. The van der Waals surface area contributed by atoms with Gasteiger partial charge in [-0.1, -0.05) is 0 Å². The number of nitrogens with zero attached hydrogens (tertiary/aromatic N) is 4. The molecule has 0 aliphatic heterocycles. The Labute approximate surface area is 92.9 Å². The highest BCUT2D eigenvalue weighted by molar-refractivity contribution is 5.55. The van der Waals surface area contributed by atoms with E-state index < -0.39 is 0 Å². The normalized spacial score (nSPS) is 10.7. The van der Waals surface area contributed by atoms with Gasteiger partial charge in [-0.15, -0.1) is 10.2 Å². The predicted molar refractivity (Wildman–Crippen MR) is 57.6 cm³/mol. The Morgan fingerprint density at radius 1 is 1.19 bits per heavy atom. The van der Waals surface area contributed by atoms with E-state index in [2.05, 4.69) is 20.4 Å². The minimum Gasteiger partial charge on any atom is -0.421 e. The summed E-state index contributed by atoms with van der Waals surface area (Å²) >= 11 is 0. The third-order valence-electron chi connectivity index (χ3n) is 2.16. The summed E-state index contributed by atoms with van der Waals surface area (Å²) in [6.45, 7) is 4.22. The summed E-state index contributed by atoms with van der Waals surface area (Å²) in [5, 5.41) is 15.8. The lowest BCUT2D eigenvalue weighted by atomic mass is 10.2. The Morgan fingerprint density at radius 3 is 2.75 bits per heavy atom. The van der Waals surface area contributed by atoms with E-state index in [0.717, 1.165) is 17.0 Å². The van der Waals surface area contributed by atoms with Gasteiger partial charge in [-0.2, -0.15) is 10.2 Å². The maximum absolute atomic E-state index is 5.48. The zero-order chi connectivity index (χ0) is 11.5. The fourth-order valence-corrected chi connectivity index (χ4v) is 1.35. The Balaban J connectivity index is 2.38. The highest BCUT2D eigenvalue weighted by Crippen LogP contribution is 2.20. The molecule has 0 aliphatic rings. The fraction of sp³-hybridized carbons (Fsp3) is 0.400. The van der Waals surface area contributed by atoms with Crippen molar-refractivity contribution in [3.63, 3.8) is 0 Å². The molecule has 0 radical (unpaired) electrons. The van der Waals surface area contributed by atoms with E-state index in [-0.39, 0.29) is 0 Å². The van der Waals surface area contributed by atoms with Crippen molar-refractivity contribution < 1.29 is 4.42 Å². The van der Waals surface area contributed by atoms with Gasteiger partial charge in [0.15, 0.2) is 0 Å². The van der Waals surface area contributed by atoms with Crippen LogP contribution in [0, 0.1) is 13.8 Å². The van der Waals surface area contributed by atoms with Crippen LogP contribution in [0.1, 0.15) is 17.3 Å². The highest BCUT2D eigenvalue weighted by atomic mass is 16.4. The Bertz CT molecular complexity index is 494. The van der Waals surface area contributed by atoms with Gasteiger partial charge in [0, 0.05) is 13.0 Å². The number of rotatable bonds is 3. The van der Waals surface area contributed by atoms with Crippen LogP contribution in [0.2, 0.25) is 0 Å². The van der Waals surface area contributed by atoms with Crippen LogP contribution in [-0.2, 0) is 6.42 Å². The van der Waals surface area contributed by atoms with Crippen LogP contribution in [0.4, 0.5) is 0 Å². The summed E-state index contributed by atoms with van der Waals surface area (Å²) in [6, 6.07) is 1.88. The quantitative estimate of drug-likeness (QED) is 0.814. The second-order valence-corrected chi connectivity index (χ2v) is 3.52. The molecule has 0 fully saturated rings. The molecule has 0 aromatic carbocycles. The molecular formula is C10H13N5O. The van der Waals surface area contributed by atoms with E-state index >= 15 is 0 Å². The first-order chi connectivity index (χ1) is 7.70. The van der Waals surface area contributed by atoms with E-state index in [9.17, 15) is 0 Å². The van der Waals surface area contributed by atoms with E-state index in [4.69, 9.17) is 10.2 Å². The molecule has 84 valence electrons. The van der Waals surface area contributed by atoms with E-state index in [1.54, 1.807) is 0 Å². The zero-order valence-corrected chi connectivity index (χ0v) is 9.27. The van der Waals surface area contributed by atoms with Crippen LogP contribution in [-0.4, -0.2) is 26.9 Å². The maximum atomic E-state index is 5.48. The van der Waals surface area contributed by atoms with Crippen molar-refractivity contribution in [3.8, 4) is 11.5 Å². The molecule has 0 unspecified atom stereocenters. The molecule has 6 nitrogen and oxygen atoms in total. The van der Waals surface area contributed by atoms with Gasteiger partial charge in [0.05, 0.1) is 17.0 Å². The smallest absolute Gasteiger partial charge is 0.249 e. The first-order valence-electron chi connectivity index (χ1n) is 5.04. The monoisotopic (exact) mass is 219 g/mol. The number of nitrogens with two attached hydrogens (primary N) is 1. The maximum Gasteiger partial charge on any atom is 0.249 e. The largest absolute Gasteiger partial charge is 0.421 e. The molecule has 0 saturated carbocycles. The molecule has 0 amide bonds. The van der Waals surface area contributed by atoms with Crippen LogP contribution >= 0.6 is 0 Å². The minimum absolute atomic E-state index is 0.471. The van der Waals surface area contributed by atoms with Gasteiger partial charge in [0.1, 0.15) is 0 Å². The van der Waals surface area contributed by atoms with Crippen LogP contribution < -0.4 is 5.73 Å². The van der Waals surface area contributed by atoms with Gasteiger partial charge < -0.3 is 10.2 Å². The zero-order valence-electron chi connectivity index (χ0n) is 9.27. The first kappa shape index (κ1) is 10.7. The number of aryl methyl sites for hydroxylation is 2. The van der Waals surface area contributed by atoms with Gasteiger partial charge in [-0.25, -0.2) is 0 Å². The summed E-state index contributed by atoms with van der Waals surface area (Å²) in [6.07, 6.45) is 0.587. The number of hydrogen-bond donors (Lipinski definition) is 1. The van der Waals surface area contributed by atoms with Crippen LogP contribution in [0.15, 0.2) is 10.5 Å². The lowest BCUT2D eigenvalue weighted by Gasteiger charge is -1.99. The number of hydrogen-bond acceptors (Lipinski definition) is 6. The second kappa shape index (κ2) is 4.36. The Hall–Kier alpha value is -1.82. The molecule has 2 N–H and O–H groups in total. The SMILES string of the molecule is Cc1cc(-c2nnc(CCN)o2)c(C)nn1. The molecule has 0 aliphatic carbocycles. The summed E-state index contributed by atoms with van der Waals surface area (Å²) in [4.78, 5) is 0. The summed E-state index contributed by atoms with van der Waals surface area (Å²) in [7, 11) is 0. The van der Waals surface area contributed by atoms with E-state index in [1.165, 1.54) is 0 Å². The summed E-state index contributed by atoms with van der Waals surface area (Å²) < 4.78 is 5.48. The average Bonchev–Trinajstić information content (AvgIpc) is 2.71. The molecule has 0 atom stereocenters. The molecule has 2 aromatic heterocycles. The molecular weight excluding hydrogens is 206 g/mol. The third kappa shape index (κ3) is 2.06. The highest BCUT2D eigenvalue weighted by Gasteiger charge is 2.12. The molecule has 0 saturated heterocycles. The second-order valence-electron chi connectivity index (χ2n) is 3.52. The van der Waals surface area contributed by atoms with Crippen molar-refractivity contribution in [2.45, 2.75) is 20.3 Å². The van der Waals surface area contributed by atoms with E-state index in [1.807, 2.05) is 19.9 Å². The van der Waals surface area contributed by atoms with Crippen LogP contribution in [0.5, 0.6) is 0 Å². The van der Waals surface area contributed by atoms with Gasteiger partial charge >= 0.3 is 0 Å². The predicted octanol–water partition coefficient (Wildman–Crippen LogP) is 0.645. The molecule has 2 aromatic rings. The Morgan fingerprint density at radius 2 is 2.00 bits per heavy atom. The molecule has 6 heteroatoms. The van der Waals surface area contributed by atoms with Crippen LogP contribution in [0.3, 0.4) is 0 Å². The van der Waals surface area contributed by atoms with Crippen molar-refractivity contribution in [2.24, 2.45) is 5.73 Å². The summed E-state index contributed by atoms with van der Waals surface area (Å²) in [5.74, 6) is 1.02. The molecule has 0 spiro atoms. The van der Waals surface area contributed by atoms with Gasteiger partial charge in [-0.05, 0) is 19.9 Å². The molecule has 2 rings (SSSR count). The Kier molecular flexibility index (Phi) is 2.91. The van der Waals surface area contributed by atoms with Crippen molar-refractivity contribution in [1.82, 2.24) is 20.4 Å². The molecule has 16 heavy (non-hydrogen) atoms. The van der Waals surface area contributed by atoms with Crippen LogP contribution in [0.25, 0.3) is 11.5 Å². The standard InChI is InChI=1S/C10H13N5O/c1-6-5-8(7(2)13-12-6)10-15-14-9(16-10)3-4-11/h5H,3-4,11H2,1-2H3. The minimum atomic E-state index is 0.471. The topological polar surface area (TPSA) is 90.7 Å². The van der Waals surface area contributed by atoms with Gasteiger partial charge in [-0.3, -0.25) is 0 Å². The van der Waals surface area contributed by atoms with Crippen molar-refractivity contribution in [2.75, 3.05) is 6.54 Å². The molecule has 2 heterocycles. The third-order valence-corrected chi connectivity index (χ3v) is 2.16. The van der Waals surface area contributed by atoms with Crippen molar-refractivity contribution in [3.05, 3.63) is 23.3 Å². The fourth-order valence-electron chi connectivity index (χ4n) is 1.35. The lowest BCUT2D eigenvalue weighted by Crippen LogP contribution is -2.02. The van der Waals surface area contributed by atoms with Crippen molar-refractivity contribution >= 4 is 0 Å². The number of aromatic nitrogens is 4. The first-order valence-corrected chi connectivity index (χ1v) is 5.04. The van der Waals surface area contributed by atoms with Gasteiger partial charge in [0.25, 0.3) is 0 Å². The van der Waals surface area contributed by atoms with Crippen molar-refractivity contribution in [1.29, 1.82) is 0 Å².